The van der Waals surface area contributed by atoms with Gasteiger partial charge in [0.2, 0.25) is 10.0 Å². The third-order valence-corrected chi connectivity index (χ3v) is 7.23. The predicted molar refractivity (Wildman–Crippen MR) is 86.6 cm³/mol. The molecule has 2 aliphatic heterocycles. The Kier molecular flexibility index (Phi) is 4.87. The van der Waals surface area contributed by atoms with Crippen molar-refractivity contribution in [2.75, 3.05) is 19.6 Å². The molecule has 0 amide bonds. The Bertz CT molecular complexity index is 639. The smallest absolute Gasteiger partial charge is 0.243 e. The molecule has 0 bridgehead atoms. The number of piperidine rings is 1. The fraction of sp³-hybridized carbons (Fsp3) is 0.600. The van der Waals surface area contributed by atoms with E-state index in [0.717, 1.165) is 25.5 Å². The molecule has 1 aromatic rings. The van der Waals surface area contributed by atoms with Crippen molar-refractivity contribution in [1.82, 2.24) is 9.62 Å². The van der Waals surface area contributed by atoms with Crippen molar-refractivity contribution in [3.63, 3.8) is 0 Å². The molecule has 2 fully saturated rings. The lowest BCUT2D eigenvalue weighted by Gasteiger charge is -2.34. The van der Waals surface area contributed by atoms with E-state index in [-0.39, 0.29) is 9.37 Å². The lowest BCUT2D eigenvalue weighted by atomic mass is 9.89. The molecule has 3 rings (SSSR count). The highest BCUT2D eigenvalue weighted by molar-refractivity contribution is 9.10. The SMILES string of the molecule is O=S(=O)(c1ccc(Br)c(F)c1)N1CCC(C2CCCN2)CC1. The van der Waals surface area contributed by atoms with Crippen LogP contribution in [0, 0.1) is 11.7 Å². The van der Waals surface area contributed by atoms with E-state index in [1.54, 1.807) is 0 Å². The summed E-state index contributed by atoms with van der Waals surface area (Å²) in [6.07, 6.45) is 4.14. The first-order valence-electron chi connectivity index (χ1n) is 7.67. The maximum Gasteiger partial charge on any atom is 0.243 e. The molecule has 0 saturated carbocycles. The van der Waals surface area contributed by atoms with Gasteiger partial charge in [-0.2, -0.15) is 4.31 Å². The average Bonchev–Trinajstić information content (AvgIpc) is 3.04. The minimum atomic E-state index is -3.60. The van der Waals surface area contributed by atoms with Gasteiger partial charge < -0.3 is 5.32 Å². The van der Waals surface area contributed by atoms with E-state index in [9.17, 15) is 12.8 Å². The third-order valence-electron chi connectivity index (χ3n) is 4.69. The van der Waals surface area contributed by atoms with E-state index >= 15 is 0 Å². The molecular formula is C15H20BrFN2O2S. The molecule has 22 heavy (non-hydrogen) atoms. The highest BCUT2D eigenvalue weighted by Crippen LogP contribution is 2.29. The van der Waals surface area contributed by atoms with Gasteiger partial charge in [0.05, 0.1) is 9.37 Å². The predicted octanol–water partition coefficient (Wildman–Crippen LogP) is 2.74. The number of rotatable bonds is 3. The van der Waals surface area contributed by atoms with Crippen LogP contribution in [-0.2, 0) is 10.0 Å². The van der Waals surface area contributed by atoms with Crippen LogP contribution >= 0.6 is 15.9 Å². The van der Waals surface area contributed by atoms with Gasteiger partial charge in [-0.15, -0.1) is 0 Å². The Morgan fingerprint density at radius 2 is 1.95 bits per heavy atom. The van der Waals surface area contributed by atoms with Gasteiger partial charge in [-0.1, -0.05) is 0 Å². The van der Waals surface area contributed by atoms with E-state index in [1.807, 2.05) is 0 Å². The molecule has 1 N–H and O–H groups in total. The highest BCUT2D eigenvalue weighted by Gasteiger charge is 2.33. The maximum atomic E-state index is 13.6. The fourth-order valence-electron chi connectivity index (χ4n) is 3.42. The summed E-state index contributed by atoms with van der Waals surface area (Å²) in [5.74, 6) is 0.00159. The van der Waals surface area contributed by atoms with Crippen LogP contribution < -0.4 is 5.32 Å². The molecule has 1 aromatic carbocycles. The number of nitrogens with zero attached hydrogens (tertiary/aromatic N) is 1. The molecule has 0 spiro atoms. The van der Waals surface area contributed by atoms with E-state index in [4.69, 9.17) is 0 Å². The summed E-state index contributed by atoms with van der Waals surface area (Å²) in [6, 6.07) is 4.52. The van der Waals surface area contributed by atoms with Crippen LogP contribution in [0.5, 0.6) is 0 Å². The number of hydrogen-bond donors (Lipinski definition) is 1. The largest absolute Gasteiger partial charge is 0.314 e. The van der Waals surface area contributed by atoms with Crippen molar-refractivity contribution >= 4 is 26.0 Å². The number of sulfonamides is 1. The Morgan fingerprint density at radius 3 is 2.55 bits per heavy atom. The number of hydrogen-bond acceptors (Lipinski definition) is 3. The maximum absolute atomic E-state index is 13.6. The summed E-state index contributed by atoms with van der Waals surface area (Å²) in [4.78, 5) is 0.0330. The van der Waals surface area contributed by atoms with Crippen molar-refractivity contribution in [1.29, 1.82) is 0 Å². The molecule has 2 heterocycles. The van der Waals surface area contributed by atoms with Crippen molar-refractivity contribution in [2.45, 2.75) is 36.6 Å². The third kappa shape index (κ3) is 3.22. The molecule has 2 aliphatic rings. The van der Waals surface area contributed by atoms with E-state index in [2.05, 4.69) is 21.2 Å². The van der Waals surface area contributed by atoms with Gasteiger partial charge >= 0.3 is 0 Å². The van der Waals surface area contributed by atoms with Gasteiger partial charge in [0.1, 0.15) is 5.82 Å². The Hall–Kier alpha value is -0.500. The van der Waals surface area contributed by atoms with Crippen LogP contribution in [0.3, 0.4) is 0 Å². The number of halogens is 2. The van der Waals surface area contributed by atoms with E-state index in [0.29, 0.717) is 25.0 Å². The second-order valence-electron chi connectivity index (χ2n) is 6.02. The molecule has 2 saturated heterocycles. The standard InChI is InChI=1S/C15H20BrFN2O2S/c16-13-4-3-12(10-14(13)17)22(20,21)19-8-5-11(6-9-19)15-2-1-7-18-15/h3-4,10-11,15,18H,1-2,5-9H2. The van der Waals surface area contributed by atoms with Crippen LogP contribution in [-0.4, -0.2) is 38.4 Å². The van der Waals surface area contributed by atoms with Crippen molar-refractivity contribution in [3.8, 4) is 0 Å². The first-order chi connectivity index (χ1) is 10.5. The Morgan fingerprint density at radius 1 is 1.23 bits per heavy atom. The molecular weight excluding hydrogens is 371 g/mol. The molecule has 1 atom stereocenters. The minimum Gasteiger partial charge on any atom is -0.314 e. The molecule has 7 heteroatoms. The molecule has 122 valence electrons. The quantitative estimate of drug-likeness (QED) is 0.862. The van der Waals surface area contributed by atoms with Crippen LogP contribution in [0.15, 0.2) is 27.6 Å². The molecule has 0 aliphatic carbocycles. The Balaban J connectivity index is 1.70. The van der Waals surface area contributed by atoms with E-state index < -0.39 is 15.8 Å². The van der Waals surface area contributed by atoms with Gasteiger partial charge in [-0.25, -0.2) is 12.8 Å². The summed E-state index contributed by atoms with van der Waals surface area (Å²) in [5, 5.41) is 3.50. The van der Waals surface area contributed by atoms with Crippen molar-refractivity contribution in [2.24, 2.45) is 5.92 Å². The fourth-order valence-corrected chi connectivity index (χ4v) is 5.15. The molecule has 0 aromatic heterocycles. The summed E-state index contributed by atoms with van der Waals surface area (Å²) in [5.41, 5.74) is 0. The minimum absolute atomic E-state index is 0.0330. The monoisotopic (exact) mass is 390 g/mol. The van der Waals surface area contributed by atoms with Gasteiger partial charge in [-0.05, 0) is 72.3 Å². The number of nitrogens with one attached hydrogen (secondary N) is 1. The number of benzene rings is 1. The zero-order valence-corrected chi connectivity index (χ0v) is 14.7. The summed E-state index contributed by atoms with van der Waals surface area (Å²) in [7, 11) is -3.60. The van der Waals surface area contributed by atoms with Gasteiger partial charge in [-0.3, -0.25) is 0 Å². The van der Waals surface area contributed by atoms with Crippen molar-refractivity contribution < 1.29 is 12.8 Å². The van der Waals surface area contributed by atoms with Gasteiger partial charge in [0, 0.05) is 19.1 Å². The summed E-state index contributed by atoms with van der Waals surface area (Å²) in [6.45, 7) is 2.10. The van der Waals surface area contributed by atoms with Crippen molar-refractivity contribution in [3.05, 3.63) is 28.5 Å². The van der Waals surface area contributed by atoms with Gasteiger partial charge in [0.25, 0.3) is 0 Å². The van der Waals surface area contributed by atoms with Crippen LogP contribution in [0.4, 0.5) is 4.39 Å². The Labute approximate surface area is 139 Å². The molecule has 0 radical (unpaired) electrons. The van der Waals surface area contributed by atoms with Crippen LogP contribution in [0.2, 0.25) is 0 Å². The highest BCUT2D eigenvalue weighted by atomic mass is 79.9. The molecule has 4 nitrogen and oxygen atoms in total. The lowest BCUT2D eigenvalue weighted by Crippen LogP contribution is -2.43. The van der Waals surface area contributed by atoms with Crippen LogP contribution in [0.25, 0.3) is 0 Å². The molecule has 1 unspecified atom stereocenters. The van der Waals surface area contributed by atoms with E-state index in [1.165, 1.54) is 29.3 Å². The van der Waals surface area contributed by atoms with Crippen LogP contribution in [0.1, 0.15) is 25.7 Å². The first-order valence-corrected chi connectivity index (χ1v) is 9.90. The normalized spacial score (nSPS) is 24.7. The topological polar surface area (TPSA) is 49.4 Å². The average molecular weight is 391 g/mol. The summed E-state index contributed by atoms with van der Waals surface area (Å²) < 4.78 is 40.6. The first kappa shape index (κ1) is 16.4. The zero-order valence-electron chi connectivity index (χ0n) is 12.3. The second-order valence-corrected chi connectivity index (χ2v) is 8.81. The zero-order chi connectivity index (χ0) is 15.7. The second kappa shape index (κ2) is 6.55. The van der Waals surface area contributed by atoms with Gasteiger partial charge in [0.15, 0.2) is 0 Å². The lowest BCUT2D eigenvalue weighted by molar-refractivity contribution is 0.234. The summed E-state index contributed by atoms with van der Waals surface area (Å²) >= 11 is 3.05.